The fraction of sp³-hybridized carbons (Fsp3) is 0.667. The van der Waals surface area contributed by atoms with Crippen molar-refractivity contribution in [1.29, 1.82) is 5.26 Å². The van der Waals surface area contributed by atoms with Crippen molar-refractivity contribution >= 4 is 11.8 Å². The lowest BCUT2D eigenvalue weighted by Gasteiger charge is -2.00. The monoisotopic (exact) mass is 182 g/mol. The summed E-state index contributed by atoms with van der Waals surface area (Å²) >= 11 is 1.75. The molecule has 0 heterocycles. The summed E-state index contributed by atoms with van der Waals surface area (Å²) in [4.78, 5) is 0. The van der Waals surface area contributed by atoms with Crippen LogP contribution in [-0.2, 0) is 0 Å². The molecule has 0 aromatic heterocycles. The molecule has 0 aliphatic heterocycles. The number of terminal acetylenes is 1. The van der Waals surface area contributed by atoms with E-state index >= 15 is 0 Å². The predicted molar refractivity (Wildman–Crippen MR) is 53.9 cm³/mol. The van der Waals surface area contributed by atoms with E-state index in [1.54, 1.807) is 11.8 Å². The highest BCUT2D eigenvalue weighted by Gasteiger charge is 1.87. The minimum atomic E-state index is 0.643. The van der Waals surface area contributed by atoms with E-state index in [0.29, 0.717) is 6.42 Å². The third-order valence-electron chi connectivity index (χ3n) is 1.25. The second kappa shape index (κ2) is 10.4. The molecular weight excluding hydrogens is 168 g/mol. The molecule has 0 aliphatic carbocycles. The Bertz CT molecular complexity index is 146. The lowest BCUT2D eigenvalue weighted by Crippen LogP contribution is -2.18. The SMILES string of the molecule is C#CCSCCNCCCC#N. The summed E-state index contributed by atoms with van der Waals surface area (Å²) in [7, 11) is 0. The zero-order valence-electron chi connectivity index (χ0n) is 7.18. The summed E-state index contributed by atoms with van der Waals surface area (Å²) in [6.07, 6.45) is 6.67. The smallest absolute Gasteiger partial charge is 0.0622 e. The van der Waals surface area contributed by atoms with Crippen LogP contribution in [0.1, 0.15) is 12.8 Å². The number of thioether (sulfide) groups is 1. The van der Waals surface area contributed by atoms with Crippen molar-refractivity contribution < 1.29 is 0 Å². The summed E-state index contributed by atoms with van der Waals surface area (Å²) in [5.41, 5.74) is 0. The zero-order chi connectivity index (χ0) is 9.07. The standard InChI is InChI=1S/C9H14N2S/c1-2-8-12-9-7-11-6-4-3-5-10/h1,11H,3-4,6-9H2. The van der Waals surface area contributed by atoms with Crippen LogP contribution in [0.4, 0.5) is 0 Å². The molecule has 0 aromatic rings. The second-order valence-electron chi connectivity index (χ2n) is 2.27. The third-order valence-corrected chi connectivity index (χ3v) is 2.11. The van der Waals surface area contributed by atoms with Gasteiger partial charge in [0.1, 0.15) is 0 Å². The fourth-order valence-electron chi connectivity index (χ4n) is 0.693. The number of nitrogens with one attached hydrogen (secondary N) is 1. The van der Waals surface area contributed by atoms with Crippen LogP contribution in [0.5, 0.6) is 0 Å². The molecule has 0 atom stereocenters. The molecule has 0 saturated carbocycles. The van der Waals surface area contributed by atoms with Gasteiger partial charge in [0, 0.05) is 18.7 Å². The molecule has 0 fully saturated rings. The Morgan fingerprint density at radius 3 is 2.92 bits per heavy atom. The molecule has 3 heteroatoms. The number of hydrogen-bond donors (Lipinski definition) is 1. The fourth-order valence-corrected chi connectivity index (χ4v) is 1.24. The van der Waals surface area contributed by atoms with E-state index in [0.717, 1.165) is 31.0 Å². The topological polar surface area (TPSA) is 35.8 Å². The number of unbranched alkanes of at least 4 members (excludes halogenated alkanes) is 1. The molecule has 0 radical (unpaired) electrons. The van der Waals surface area contributed by atoms with Gasteiger partial charge in [-0.05, 0) is 13.0 Å². The summed E-state index contributed by atoms with van der Waals surface area (Å²) in [6.45, 7) is 1.92. The highest BCUT2D eigenvalue weighted by molar-refractivity contribution is 7.99. The van der Waals surface area contributed by atoms with Crippen LogP contribution in [0.25, 0.3) is 0 Å². The molecule has 12 heavy (non-hydrogen) atoms. The van der Waals surface area contributed by atoms with Crippen LogP contribution in [0.2, 0.25) is 0 Å². The Morgan fingerprint density at radius 1 is 1.42 bits per heavy atom. The maximum atomic E-state index is 8.23. The number of hydrogen-bond acceptors (Lipinski definition) is 3. The predicted octanol–water partition coefficient (Wildman–Crippen LogP) is 1.25. The van der Waals surface area contributed by atoms with Crippen LogP contribution in [0.15, 0.2) is 0 Å². The van der Waals surface area contributed by atoms with Gasteiger partial charge in [-0.25, -0.2) is 0 Å². The summed E-state index contributed by atoms with van der Waals surface area (Å²) in [5.74, 6) is 4.41. The quantitative estimate of drug-likeness (QED) is 0.475. The Labute approximate surface area is 78.7 Å². The Kier molecular flexibility index (Phi) is 9.81. The molecule has 66 valence electrons. The van der Waals surface area contributed by atoms with Gasteiger partial charge in [-0.1, -0.05) is 5.92 Å². The first-order valence-corrected chi connectivity index (χ1v) is 5.16. The van der Waals surface area contributed by atoms with Gasteiger partial charge in [-0.2, -0.15) is 5.26 Å². The molecule has 0 bridgehead atoms. The minimum Gasteiger partial charge on any atom is -0.316 e. The van der Waals surface area contributed by atoms with E-state index in [1.807, 2.05) is 0 Å². The van der Waals surface area contributed by atoms with E-state index in [4.69, 9.17) is 11.7 Å². The average molecular weight is 182 g/mol. The Morgan fingerprint density at radius 2 is 2.25 bits per heavy atom. The van der Waals surface area contributed by atoms with Gasteiger partial charge in [0.2, 0.25) is 0 Å². The van der Waals surface area contributed by atoms with E-state index in [-0.39, 0.29) is 0 Å². The van der Waals surface area contributed by atoms with Gasteiger partial charge in [0.05, 0.1) is 11.8 Å². The highest BCUT2D eigenvalue weighted by Crippen LogP contribution is 1.95. The molecule has 0 aromatic carbocycles. The molecule has 0 aliphatic rings. The van der Waals surface area contributed by atoms with Crippen molar-refractivity contribution in [3.05, 3.63) is 0 Å². The normalized spacial score (nSPS) is 8.83. The number of nitriles is 1. The van der Waals surface area contributed by atoms with Crippen molar-refractivity contribution in [3.63, 3.8) is 0 Å². The maximum Gasteiger partial charge on any atom is 0.0622 e. The molecule has 0 saturated heterocycles. The van der Waals surface area contributed by atoms with Crippen molar-refractivity contribution in [3.8, 4) is 18.4 Å². The largest absolute Gasteiger partial charge is 0.316 e. The van der Waals surface area contributed by atoms with Crippen LogP contribution in [-0.4, -0.2) is 24.6 Å². The zero-order valence-corrected chi connectivity index (χ0v) is 7.99. The van der Waals surface area contributed by atoms with Crippen LogP contribution >= 0.6 is 11.8 Å². The number of nitrogens with zero attached hydrogens (tertiary/aromatic N) is 1. The maximum absolute atomic E-state index is 8.23. The lowest BCUT2D eigenvalue weighted by atomic mass is 10.3. The van der Waals surface area contributed by atoms with E-state index in [2.05, 4.69) is 17.3 Å². The van der Waals surface area contributed by atoms with Crippen molar-refractivity contribution in [2.75, 3.05) is 24.6 Å². The molecule has 0 rings (SSSR count). The van der Waals surface area contributed by atoms with Crippen LogP contribution < -0.4 is 5.32 Å². The molecule has 2 nitrogen and oxygen atoms in total. The van der Waals surface area contributed by atoms with E-state index in [1.165, 1.54) is 0 Å². The highest BCUT2D eigenvalue weighted by atomic mass is 32.2. The first-order valence-electron chi connectivity index (χ1n) is 4.00. The minimum absolute atomic E-state index is 0.643. The molecule has 0 unspecified atom stereocenters. The summed E-state index contributed by atoms with van der Waals surface area (Å²) in [5, 5.41) is 11.5. The average Bonchev–Trinajstić information content (AvgIpc) is 2.10. The second-order valence-corrected chi connectivity index (χ2v) is 3.37. The summed E-state index contributed by atoms with van der Waals surface area (Å²) in [6, 6.07) is 2.11. The van der Waals surface area contributed by atoms with Gasteiger partial charge in [0.15, 0.2) is 0 Å². The molecular formula is C9H14N2S. The first kappa shape index (κ1) is 11.4. The van der Waals surface area contributed by atoms with Gasteiger partial charge < -0.3 is 5.32 Å². The lowest BCUT2D eigenvalue weighted by molar-refractivity contribution is 0.686. The van der Waals surface area contributed by atoms with Crippen LogP contribution in [0.3, 0.4) is 0 Å². The van der Waals surface area contributed by atoms with Gasteiger partial charge in [0.25, 0.3) is 0 Å². The van der Waals surface area contributed by atoms with Crippen molar-refractivity contribution in [2.45, 2.75) is 12.8 Å². The van der Waals surface area contributed by atoms with E-state index in [9.17, 15) is 0 Å². The first-order chi connectivity index (χ1) is 5.91. The van der Waals surface area contributed by atoms with Crippen LogP contribution in [0, 0.1) is 23.7 Å². The molecule has 1 N–H and O–H groups in total. The number of rotatable bonds is 7. The Hall–Kier alpha value is -0.640. The van der Waals surface area contributed by atoms with Crippen molar-refractivity contribution in [2.24, 2.45) is 0 Å². The van der Waals surface area contributed by atoms with Gasteiger partial charge in [-0.3, -0.25) is 0 Å². The van der Waals surface area contributed by atoms with Gasteiger partial charge >= 0.3 is 0 Å². The summed E-state index contributed by atoms with van der Waals surface area (Å²) < 4.78 is 0. The molecule has 0 amide bonds. The molecule has 0 spiro atoms. The Balaban J connectivity index is 2.84. The third kappa shape index (κ3) is 9.36. The van der Waals surface area contributed by atoms with Gasteiger partial charge in [-0.15, -0.1) is 18.2 Å². The van der Waals surface area contributed by atoms with E-state index < -0.39 is 0 Å². The van der Waals surface area contributed by atoms with Crippen molar-refractivity contribution in [1.82, 2.24) is 5.32 Å².